The Morgan fingerprint density at radius 3 is 2.38 bits per heavy atom. The Balaban J connectivity index is 1.94. The van der Waals surface area contributed by atoms with Gasteiger partial charge in [-0.25, -0.2) is 0 Å². The quantitative estimate of drug-likeness (QED) is 0.613. The number of Topliss-reactive ketones (excluding diaryl/α,β-unsaturated/α-hetero) is 1. The highest BCUT2D eigenvalue weighted by Crippen LogP contribution is 2.48. The highest BCUT2D eigenvalue weighted by atomic mass is 16.5. The number of esters is 1. The summed E-state index contributed by atoms with van der Waals surface area (Å²) in [6.07, 6.45) is 4.66. The fourth-order valence-corrected chi connectivity index (χ4v) is 3.85. The van der Waals surface area contributed by atoms with Crippen molar-refractivity contribution in [2.45, 2.75) is 51.6 Å². The number of rotatable bonds is 2. The summed E-state index contributed by atoms with van der Waals surface area (Å²) in [5.41, 5.74) is 0.0845. The number of hydrogen-bond acceptors (Lipinski definition) is 3. The minimum absolute atomic E-state index is 0.120. The largest absolute Gasteiger partial charge is 0.456 e. The molecule has 1 saturated carbocycles. The van der Waals surface area contributed by atoms with Crippen molar-refractivity contribution in [2.75, 3.05) is 0 Å². The summed E-state index contributed by atoms with van der Waals surface area (Å²) in [4.78, 5) is 25.6. The van der Waals surface area contributed by atoms with Crippen LogP contribution < -0.4 is 0 Å². The van der Waals surface area contributed by atoms with Crippen molar-refractivity contribution in [2.24, 2.45) is 11.3 Å². The molecule has 1 aromatic carbocycles. The molecule has 2 aliphatic rings. The lowest BCUT2D eigenvalue weighted by Crippen LogP contribution is -2.51. The highest BCUT2D eigenvalue weighted by Gasteiger charge is 2.55. The molecule has 2 atom stereocenters. The van der Waals surface area contributed by atoms with Crippen LogP contribution in [0.4, 0.5) is 0 Å². The minimum Gasteiger partial charge on any atom is -0.456 e. The topological polar surface area (TPSA) is 43.4 Å². The fourth-order valence-electron chi connectivity index (χ4n) is 3.85. The molecule has 1 saturated heterocycles. The minimum atomic E-state index is -0.843. The summed E-state index contributed by atoms with van der Waals surface area (Å²) in [7, 11) is 0. The predicted octanol–water partition coefficient (Wildman–Crippen LogP) is 3.83. The summed E-state index contributed by atoms with van der Waals surface area (Å²) < 4.78 is 5.78. The number of cyclic esters (lactones) is 1. The molecule has 1 aliphatic heterocycles. The summed E-state index contributed by atoms with van der Waals surface area (Å²) in [5.74, 6) is -0.372. The average Bonchev–Trinajstić information content (AvgIpc) is 2.54. The van der Waals surface area contributed by atoms with Crippen molar-refractivity contribution >= 4 is 11.8 Å². The molecule has 112 valence electrons. The van der Waals surface area contributed by atoms with Crippen LogP contribution in [0, 0.1) is 11.3 Å². The van der Waals surface area contributed by atoms with Gasteiger partial charge in [0.05, 0.1) is 5.92 Å². The predicted molar refractivity (Wildman–Crippen MR) is 79.6 cm³/mol. The van der Waals surface area contributed by atoms with Crippen molar-refractivity contribution < 1.29 is 14.3 Å². The molecule has 1 aromatic rings. The first-order valence-electron chi connectivity index (χ1n) is 7.99. The van der Waals surface area contributed by atoms with E-state index >= 15 is 0 Å². The van der Waals surface area contributed by atoms with Crippen molar-refractivity contribution in [3.8, 4) is 0 Å². The standard InChI is InChI=1S/C18H22O3/c1-2-14-15(13-9-5-3-6-10-13)21-17(20)18(16(14)19)11-7-4-8-12-18/h3,5-6,9-10,14-15H,2,4,7-8,11-12H2,1H3/t14-,15+/m1/s1. The third-order valence-electron chi connectivity index (χ3n) is 5.07. The first-order valence-corrected chi connectivity index (χ1v) is 7.99. The molecule has 3 nitrogen and oxygen atoms in total. The molecule has 0 aromatic heterocycles. The summed E-state index contributed by atoms with van der Waals surface area (Å²) in [6.45, 7) is 2.01. The maximum absolute atomic E-state index is 13.0. The Labute approximate surface area is 125 Å². The second-order valence-corrected chi connectivity index (χ2v) is 6.26. The van der Waals surface area contributed by atoms with Crippen LogP contribution >= 0.6 is 0 Å². The van der Waals surface area contributed by atoms with E-state index in [2.05, 4.69) is 0 Å². The molecule has 0 unspecified atom stereocenters. The molecule has 1 heterocycles. The van der Waals surface area contributed by atoms with Crippen LogP contribution in [0.5, 0.6) is 0 Å². The molecule has 2 fully saturated rings. The smallest absolute Gasteiger partial charge is 0.320 e. The zero-order chi connectivity index (χ0) is 14.9. The Kier molecular flexibility index (Phi) is 3.83. The third-order valence-corrected chi connectivity index (χ3v) is 5.07. The van der Waals surface area contributed by atoms with Crippen molar-refractivity contribution in [1.29, 1.82) is 0 Å². The SMILES string of the molecule is CC[C@H]1C(=O)C2(CCCCC2)C(=O)O[C@H]1c1ccccc1. The third kappa shape index (κ3) is 2.29. The molecule has 0 bridgehead atoms. The normalized spacial score (nSPS) is 28.4. The summed E-state index contributed by atoms with van der Waals surface area (Å²) in [6, 6.07) is 9.65. The van der Waals surface area contributed by atoms with Crippen LogP contribution in [-0.4, -0.2) is 11.8 Å². The van der Waals surface area contributed by atoms with Gasteiger partial charge in [0, 0.05) is 0 Å². The second-order valence-electron chi connectivity index (χ2n) is 6.26. The van der Waals surface area contributed by atoms with Gasteiger partial charge in [0.25, 0.3) is 0 Å². The maximum Gasteiger partial charge on any atom is 0.320 e. The number of carbonyl (C=O) groups excluding carboxylic acids is 2. The maximum atomic E-state index is 13.0. The van der Waals surface area contributed by atoms with E-state index in [1.165, 1.54) is 0 Å². The van der Waals surface area contributed by atoms with E-state index in [1.54, 1.807) is 0 Å². The van der Waals surface area contributed by atoms with Gasteiger partial charge in [-0.2, -0.15) is 0 Å². The number of ether oxygens (including phenoxy) is 1. The van der Waals surface area contributed by atoms with Gasteiger partial charge in [0.1, 0.15) is 11.5 Å². The number of carbonyl (C=O) groups is 2. The van der Waals surface area contributed by atoms with E-state index in [1.807, 2.05) is 37.3 Å². The van der Waals surface area contributed by atoms with Gasteiger partial charge in [0.2, 0.25) is 0 Å². The van der Waals surface area contributed by atoms with Crippen molar-refractivity contribution in [3.63, 3.8) is 0 Å². The Bertz CT molecular complexity index is 529. The van der Waals surface area contributed by atoms with Crippen LogP contribution in [-0.2, 0) is 14.3 Å². The highest BCUT2D eigenvalue weighted by molar-refractivity contribution is 6.07. The van der Waals surface area contributed by atoms with Crippen LogP contribution in [0.1, 0.15) is 57.1 Å². The Morgan fingerprint density at radius 2 is 1.76 bits per heavy atom. The molecule has 0 amide bonds. The molecule has 0 N–H and O–H groups in total. The van der Waals surface area contributed by atoms with Gasteiger partial charge >= 0.3 is 5.97 Å². The van der Waals surface area contributed by atoms with Gasteiger partial charge in [-0.1, -0.05) is 56.5 Å². The lowest BCUT2D eigenvalue weighted by atomic mass is 9.64. The first kappa shape index (κ1) is 14.3. The molecule has 1 aliphatic carbocycles. The average molecular weight is 286 g/mol. The van der Waals surface area contributed by atoms with Crippen LogP contribution in [0.2, 0.25) is 0 Å². The van der Waals surface area contributed by atoms with Crippen LogP contribution in [0.3, 0.4) is 0 Å². The van der Waals surface area contributed by atoms with Crippen LogP contribution in [0.25, 0.3) is 0 Å². The summed E-state index contributed by atoms with van der Waals surface area (Å²) >= 11 is 0. The number of benzene rings is 1. The van der Waals surface area contributed by atoms with E-state index in [-0.39, 0.29) is 17.7 Å². The molecular weight excluding hydrogens is 264 g/mol. The van der Waals surface area contributed by atoms with Crippen molar-refractivity contribution in [3.05, 3.63) is 35.9 Å². The monoisotopic (exact) mass is 286 g/mol. The van der Waals surface area contributed by atoms with E-state index in [9.17, 15) is 9.59 Å². The zero-order valence-electron chi connectivity index (χ0n) is 12.5. The Hall–Kier alpha value is -1.64. The first-order chi connectivity index (χ1) is 10.2. The van der Waals surface area contributed by atoms with E-state index in [0.717, 1.165) is 24.8 Å². The van der Waals surface area contributed by atoms with Crippen LogP contribution in [0.15, 0.2) is 30.3 Å². The molecule has 1 spiro atoms. The Morgan fingerprint density at radius 1 is 1.10 bits per heavy atom. The van der Waals surface area contributed by atoms with Crippen molar-refractivity contribution in [1.82, 2.24) is 0 Å². The molecule has 3 heteroatoms. The summed E-state index contributed by atoms with van der Waals surface area (Å²) in [5, 5.41) is 0. The van der Waals surface area contributed by atoms with Gasteiger partial charge < -0.3 is 4.74 Å². The van der Waals surface area contributed by atoms with Gasteiger partial charge in [-0.15, -0.1) is 0 Å². The lowest BCUT2D eigenvalue weighted by molar-refractivity contribution is -0.184. The molecule has 3 rings (SSSR count). The van der Waals surface area contributed by atoms with Gasteiger partial charge in [0.15, 0.2) is 5.78 Å². The lowest BCUT2D eigenvalue weighted by Gasteiger charge is -2.43. The van der Waals surface area contributed by atoms with Gasteiger partial charge in [-0.3, -0.25) is 9.59 Å². The molecule has 21 heavy (non-hydrogen) atoms. The number of ketones is 1. The fraction of sp³-hybridized carbons (Fsp3) is 0.556. The second kappa shape index (κ2) is 5.63. The van der Waals surface area contributed by atoms with E-state index in [4.69, 9.17) is 4.74 Å². The van der Waals surface area contributed by atoms with Gasteiger partial charge in [-0.05, 0) is 24.8 Å². The number of hydrogen-bond donors (Lipinski definition) is 0. The molecule has 0 radical (unpaired) electrons. The molecular formula is C18H22O3. The van der Waals surface area contributed by atoms with E-state index in [0.29, 0.717) is 19.3 Å². The van der Waals surface area contributed by atoms with E-state index < -0.39 is 11.5 Å². The zero-order valence-corrected chi connectivity index (χ0v) is 12.5.